The minimum absolute atomic E-state index is 0.302. The third-order valence-electron chi connectivity index (χ3n) is 12.8. The maximum atomic E-state index is 7.08. The van der Waals surface area contributed by atoms with Gasteiger partial charge in [0.25, 0.3) is 0 Å². The van der Waals surface area contributed by atoms with Crippen molar-refractivity contribution in [2.45, 2.75) is 59.8 Å². The molecule has 1 aliphatic carbocycles. The van der Waals surface area contributed by atoms with Gasteiger partial charge in [-0.1, -0.05) is 131 Å². The summed E-state index contributed by atoms with van der Waals surface area (Å²) in [6, 6.07) is 61.7. The quantitative estimate of drug-likeness (QED) is 0.145. The number of benzene rings is 8. The molecule has 0 radical (unpaired) electrons. The van der Waals surface area contributed by atoms with Gasteiger partial charge in [0.1, 0.15) is 11.2 Å². The summed E-state index contributed by atoms with van der Waals surface area (Å²) in [6.45, 7) is 13.9. The summed E-state index contributed by atoms with van der Waals surface area (Å²) in [5.41, 5.74) is 21.5. The molecule has 0 amide bonds. The summed E-state index contributed by atoms with van der Waals surface area (Å²) in [6.07, 6.45) is 1.78. The van der Waals surface area contributed by atoms with E-state index in [1.807, 2.05) is 0 Å². The van der Waals surface area contributed by atoms with Crippen LogP contribution in [0.5, 0.6) is 0 Å². The zero-order valence-electron chi connectivity index (χ0n) is 35.4. The van der Waals surface area contributed by atoms with Gasteiger partial charge in [-0.15, -0.1) is 0 Å². The number of furan rings is 1. The fourth-order valence-corrected chi connectivity index (χ4v) is 10.0. The number of fused-ring (bicyclic) bond motifs is 7. The van der Waals surface area contributed by atoms with Crippen molar-refractivity contribution in [1.29, 1.82) is 0 Å². The van der Waals surface area contributed by atoms with Gasteiger partial charge in [-0.3, -0.25) is 0 Å². The molecule has 0 saturated heterocycles. The zero-order valence-corrected chi connectivity index (χ0v) is 35.4. The molecule has 1 aliphatic rings. The largest absolute Gasteiger partial charge is 0.455 e. The lowest BCUT2D eigenvalue weighted by molar-refractivity contribution is 0.647. The van der Waals surface area contributed by atoms with Crippen LogP contribution in [0.4, 0.5) is 34.1 Å². The number of nitrogens with zero attached hydrogens (tertiary/aromatic N) is 2. The van der Waals surface area contributed by atoms with Crippen LogP contribution in [0.3, 0.4) is 0 Å². The van der Waals surface area contributed by atoms with Gasteiger partial charge in [0.15, 0.2) is 0 Å². The molecule has 0 aliphatic heterocycles. The minimum Gasteiger partial charge on any atom is -0.455 e. The van der Waals surface area contributed by atoms with Crippen LogP contribution in [0.1, 0.15) is 61.1 Å². The second-order valence-electron chi connectivity index (χ2n) is 16.7. The van der Waals surface area contributed by atoms with Crippen LogP contribution in [0.15, 0.2) is 174 Å². The topological polar surface area (TPSA) is 19.6 Å². The van der Waals surface area contributed by atoms with Crippen LogP contribution in [0.2, 0.25) is 0 Å². The molecule has 3 nitrogen and oxygen atoms in total. The van der Waals surface area contributed by atoms with Crippen LogP contribution in [0, 0.1) is 13.8 Å². The van der Waals surface area contributed by atoms with E-state index in [0.717, 1.165) is 52.1 Å². The van der Waals surface area contributed by atoms with Crippen LogP contribution < -0.4 is 9.80 Å². The molecule has 60 heavy (non-hydrogen) atoms. The highest BCUT2D eigenvalue weighted by Gasteiger charge is 2.42. The molecule has 3 heteroatoms. The molecular formula is C57H50N2O. The Kier molecular flexibility index (Phi) is 9.21. The Balaban J connectivity index is 1.21. The molecule has 8 aromatic carbocycles. The predicted octanol–water partition coefficient (Wildman–Crippen LogP) is 16.2. The molecule has 0 spiro atoms. The Bertz CT molecular complexity index is 3060. The van der Waals surface area contributed by atoms with Crippen molar-refractivity contribution in [2.24, 2.45) is 0 Å². The smallest absolute Gasteiger partial charge is 0.144 e. The molecule has 0 atom stereocenters. The first-order valence-electron chi connectivity index (χ1n) is 21.4. The fraction of sp³-hybridized carbons (Fsp3) is 0.158. The van der Waals surface area contributed by atoms with Crippen LogP contribution in [0.25, 0.3) is 44.2 Å². The first-order valence-corrected chi connectivity index (χ1v) is 21.4. The highest BCUT2D eigenvalue weighted by molar-refractivity contribution is 6.19. The predicted molar refractivity (Wildman–Crippen MR) is 254 cm³/mol. The lowest BCUT2D eigenvalue weighted by atomic mass is 9.76. The number of hydrogen-bond donors (Lipinski definition) is 0. The maximum Gasteiger partial charge on any atom is 0.144 e. The molecule has 0 bridgehead atoms. The van der Waals surface area contributed by atoms with E-state index in [-0.39, 0.29) is 5.41 Å². The van der Waals surface area contributed by atoms with E-state index in [1.165, 1.54) is 72.4 Å². The lowest BCUT2D eigenvalue weighted by Gasteiger charge is -2.30. The first-order chi connectivity index (χ1) is 29.3. The Hall–Kier alpha value is -6.84. The Morgan fingerprint density at radius 1 is 0.500 bits per heavy atom. The SMILES string of the molecule is CCc1cc(N(c2ccccc2)c2ccccc2C)ccc1-c1c(CC)c2c(c3oc4ccccc4c13)-c1ccc(N(c3ccccc3)c3ccccc3C)cc1C2(C)C. The highest BCUT2D eigenvalue weighted by Crippen LogP contribution is 2.58. The van der Waals surface area contributed by atoms with Gasteiger partial charge >= 0.3 is 0 Å². The second kappa shape index (κ2) is 14.8. The molecule has 1 aromatic heterocycles. The lowest BCUT2D eigenvalue weighted by Crippen LogP contribution is -2.19. The standard InChI is InChI=1S/C57H50N2O/c1-7-39-35-42(58(40-23-11-9-12-24-40)49-28-18-15-21-37(49)3)31-33-45(39)52-44(8-2)55-54(56-53(52)47-27-17-20-30-51(47)60-56)46-34-32-43(36-48(46)57(55,5)6)59(41-25-13-10-14-26-41)50-29-19-16-22-38(50)4/h9-36H,7-8H2,1-6H3. The van der Waals surface area contributed by atoms with Gasteiger partial charge in [0, 0.05) is 55.9 Å². The van der Waals surface area contributed by atoms with Crippen molar-refractivity contribution in [1.82, 2.24) is 0 Å². The van der Waals surface area contributed by atoms with Crippen molar-refractivity contribution >= 4 is 56.1 Å². The molecule has 0 saturated carbocycles. The summed E-state index contributed by atoms with van der Waals surface area (Å²) >= 11 is 0. The Morgan fingerprint density at radius 3 is 1.62 bits per heavy atom. The number of para-hydroxylation sites is 5. The van der Waals surface area contributed by atoms with Crippen LogP contribution in [-0.4, -0.2) is 0 Å². The van der Waals surface area contributed by atoms with Gasteiger partial charge < -0.3 is 14.2 Å². The van der Waals surface area contributed by atoms with E-state index in [9.17, 15) is 0 Å². The fourth-order valence-electron chi connectivity index (χ4n) is 10.0. The zero-order chi connectivity index (χ0) is 41.1. The van der Waals surface area contributed by atoms with Gasteiger partial charge in [-0.25, -0.2) is 0 Å². The van der Waals surface area contributed by atoms with Gasteiger partial charge in [-0.2, -0.15) is 0 Å². The molecule has 0 N–H and O–H groups in total. The van der Waals surface area contributed by atoms with Crippen LogP contribution in [-0.2, 0) is 18.3 Å². The highest BCUT2D eigenvalue weighted by atomic mass is 16.3. The molecule has 294 valence electrons. The molecule has 0 unspecified atom stereocenters. The number of hydrogen-bond acceptors (Lipinski definition) is 3. The number of aryl methyl sites for hydroxylation is 3. The third-order valence-corrected chi connectivity index (χ3v) is 12.8. The van der Waals surface area contributed by atoms with Crippen molar-refractivity contribution in [3.05, 3.63) is 203 Å². The Morgan fingerprint density at radius 2 is 1.03 bits per heavy atom. The summed E-state index contributed by atoms with van der Waals surface area (Å²) in [4.78, 5) is 4.81. The molecule has 9 aromatic rings. The van der Waals surface area contributed by atoms with Crippen molar-refractivity contribution in [3.63, 3.8) is 0 Å². The van der Waals surface area contributed by atoms with Crippen LogP contribution >= 0.6 is 0 Å². The van der Waals surface area contributed by atoms with E-state index >= 15 is 0 Å². The summed E-state index contributed by atoms with van der Waals surface area (Å²) < 4.78 is 7.08. The van der Waals surface area contributed by atoms with E-state index < -0.39 is 0 Å². The minimum atomic E-state index is -0.302. The average molecular weight is 779 g/mol. The molecule has 1 heterocycles. The maximum absolute atomic E-state index is 7.08. The van der Waals surface area contributed by atoms with E-state index in [2.05, 4.69) is 221 Å². The first kappa shape index (κ1) is 37.4. The Labute approximate surface area is 354 Å². The van der Waals surface area contributed by atoms with E-state index in [1.54, 1.807) is 0 Å². The van der Waals surface area contributed by atoms with E-state index in [0.29, 0.717) is 0 Å². The molecule has 0 fully saturated rings. The monoisotopic (exact) mass is 778 g/mol. The molecular weight excluding hydrogens is 729 g/mol. The van der Waals surface area contributed by atoms with Crippen molar-refractivity contribution in [2.75, 3.05) is 9.80 Å². The van der Waals surface area contributed by atoms with E-state index in [4.69, 9.17) is 4.42 Å². The normalized spacial score (nSPS) is 12.8. The summed E-state index contributed by atoms with van der Waals surface area (Å²) in [7, 11) is 0. The average Bonchev–Trinajstić information content (AvgIpc) is 3.77. The molecule has 10 rings (SSSR count). The summed E-state index contributed by atoms with van der Waals surface area (Å²) in [5, 5.41) is 2.37. The van der Waals surface area contributed by atoms with Gasteiger partial charge in [0.05, 0.1) is 0 Å². The van der Waals surface area contributed by atoms with Crippen molar-refractivity contribution < 1.29 is 4.42 Å². The second-order valence-corrected chi connectivity index (χ2v) is 16.7. The van der Waals surface area contributed by atoms with Crippen molar-refractivity contribution in [3.8, 4) is 22.3 Å². The van der Waals surface area contributed by atoms with Gasteiger partial charge in [-0.05, 0) is 143 Å². The summed E-state index contributed by atoms with van der Waals surface area (Å²) in [5.74, 6) is 0. The number of rotatable bonds is 9. The van der Waals surface area contributed by atoms with Gasteiger partial charge in [0.2, 0.25) is 0 Å². The third kappa shape index (κ3) is 5.86. The number of anilines is 6.